The third-order valence-electron chi connectivity index (χ3n) is 7.39. The fourth-order valence-electron chi connectivity index (χ4n) is 5.39. The van der Waals surface area contributed by atoms with Gasteiger partial charge in [0.25, 0.3) is 0 Å². The van der Waals surface area contributed by atoms with Crippen LogP contribution in [0.15, 0.2) is 4.99 Å². The average Bonchev–Trinajstić information content (AvgIpc) is 2.72. The number of methoxy groups -OCH3 is 1. The molecule has 1 aliphatic heterocycles. The number of alkyl halides is 2. The fourth-order valence-corrected chi connectivity index (χ4v) is 5.39. The molecule has 0 spiro atoms. The Morgan fingerprint density at radius 3 is 2.70 bits per heavy atom. The van der Waals surface area contributed by atoms with E-state index in [-0.39, 0.29) is 36.8 Å². The molecule has 8 atom stereocenters. The average molecular weight is 429 g/mol. The van der Waals surface area contributed by atoms with Crippen LogP contribution < -0.4 is 5.32 Å². The molecule has 1 heterocycles. The number of rotatable bonds is 5. The summed E-state index contributed by atoms with van der Waals surface area (Å²) >= 11 is 0. The first kappa shape index (κ1) is 23.1. The van der Waals surface area contributed by atoms with Gasteiger partial charge in [-0.3, -0.25) is 14.6 Å². The number of carbonyl (C=O) groups is 2. The van der Waals surface area contributed by atoms with Gasteiger partial charge in [0.05, 0.1) is 19.1 Å². The molecule has 3 fully saturated rings. The van der Waals surface area contributed by atoms with E-state index in [0.717, 1.165) is 0 Å². The van der Waals surface area contributed by atoms with E-state index in [1.807, 2.05) is 13.8 Å². The van der Waals surface area contributed by atoms with E-state index in [0.29, 0.717) is 38.7 Å². The molecule has 170 valence electrons. The molecule has 8 heteroatoms. The maximum atomic E-state index is 15.2. The Hall–Kier alpha value is -1.57. The predicted molar refractivity (Wildman–Crippen MR) is 109 cm³/mol. The van der Waals surface area contributed by atoms with Crippen molar-refractivity contribution in [1.29, 1.82) is 0 Å². The Bertz CT molecular complexity index is 661. The molecule has 0 bridgehead atoms. The van der Waals surface area contributed by atoms with Crippen LogP contribution in [-0.4, -0.2) is 62.8 Å². The Balaban J connectivity index is 1.70. The summed E-state index contributed by atoms with van der Waals surface area (Å²) in [5.74, 6) is -1.32. The van der Waals surface area contributed by atoms with Crippen LogP contribution in [0.2, 0.25) is 0 Å². The Labute approximate surface area is 177 Å². The normalized spacial score (nSPS) is 41.8. The van der Waals surface area contributed by atoms with Gasteiger partial charge in [-0.2, -0.15) is 0 Å². The maximum Gasteiger partial charge on any atom is 0.327 e. The summed E-state index contributed by atoms with van der Waals surface area (Å²) in [4.78, 5) is 28.6. The van der Waals surface area contributed by atoms with Crippen LogP contribution in [0.5, 0.6) is 0 Å². The number of aliphatic imine (C=N–C) groups is 1. The minimum absolute atomic E-state index is 0.0464. The monoisotopic (exact) mass is 428 g/mol. The van der Waals surface area contributed by atoms with Gasteiger partial charge in [-0.1, -0.05) is 13.8 Å². The Kier molecular flexibility index (Phi) is 7.47. The van der Waals surface area contributed by atoms with Crippen molar-refractivity contribution in [2.24, 2.45) is 28.2 Å². The van der Waals surface area contributed by atoms with E-state index in [2.05, 4.69) is 15.0 Å². The van der Waals surface area contributed by atoms with Gasteiger partial charge < -0.3 is 14.8 Å². The molecule has 2 aliphatic carbocycles. The maximum absolute atomic E-state index is 15.2. The summed E-state index contributed by atoms with van der Waals surface area (Å²) in [5, 5.41) is 3.08. The highest BCUT2D eigenvalue weighted by atomic mass is 19.1. The highest BCUT2D eigenvalue weighted by Gasteiger charge is 2.57. The van der Waals surface area contributed by atoms with Crippen LogP contribution >= 0.6 is 0 Å². The van der Waals surface area contributed by atoms with Gasteiger partial charge in [-0.05, 0) is 44.4 Å². The smallest absolute Gasteiger partial charge is 0.327 e. The van der Waals surface area contributed by atoms with E-state index in [1.165, 1.54) is 7.11 Å². The van der Waals surface area contributed by atoms with E-state index in [9.17, 15) is 14.0 Å². The van der Waals surface area contributed by atoms with Crippen molar-refractivity contribution < 1.29 is 27.8 Å². The van der Waals surface area contributed by atoms with E-state index < -0.39 is 35.7 Å². The molecule has 0 radical (unpaired) electrons. The molecule has 30 heavy (non-hydrogen) atoms. The molecule has 2 saturated carbocycles. The predicted octanol–water partition coefficient (Wildman–Crippen LogP) is 3.03. The van der Waals surface area contributed by atoms with Crippen LogP contribution in [-0.2, 0) is 19.1 Å². The first-order chi connectivity index (χ1) is 14.3. The second-order valence-corrected chi connectivity index (χ2v) is 9.28. The molecule has 6 nitrogen and oxygen atoms in total. The van der Waals surface area contributed by atoms with E-state index in [1.54, 1.807) is 6.21 Å². The third kappa shape index (κ3) is 4.68. The van der Waals surface area contributed by atoms with Gasteiger partial charge in [0.1, 0.15) is 18.9 Å². The van der Waals surface area contributed by atoms with Crippen molar-refractivity contribution in [1.82, 2.24) is 5.32 Å². The minimum atomic E-state index is -1.12. The zero-order chi connectivity index (χ0) is 21.9. The van der Waals surface area contributed by atoms with Crippen molar-refractivity contribution >= 4 is 18.1 Å². The van der Waals surface area contributed by atoms with Gasteiger partial charge in [0.2, 0.25) is 5.91 Å². The van der Waals surface area contributed by atoms with Gasteiger partial charge >= 0.3 is 5.97 Å². The molecule has 3 aliphatic rings. The lowest BCUT2D eigenvalue weighted by atomic mass is 9.59. The van der Waals surface area contributed by atoms with Crippen molar-refractivity contribution in [2.75, 3.05) is 20.3 Å². The molecule has 0 aromatic carbocycles. The molecular weight excluding hydrogens is 394 g/mol. The van der Waals surface area contributed by atoms with Gasteiger partial charge in [0, 0.05) is 30.2 Å². The summed E-state index contributed by atoms with van der Waals surface area (Å²) in [6.07, 6.45) is 2.15. The number of esters is 1. The molecule has 1 amide bonds. The van der Waals surface area contributed by atoms with Crippen molar-refractivity contribution in [3.05, 3.63) is 0 Å². The highest BCUT2D eigenvalue weighted by Crippen LogP contribution is 2.51. The highest BCUT2D eigenvalue weighted by molar-refractivity contribution is 5.80. The van der Waals surface area contributed by atoms with Crippen LogP contribution in [0, 0.1) is 23.2 Å². The second kappa shape index (κ2) is 9.71. The number of nitrogens with zero attached hydrogens (tertiary/aromatic N) is 1. The molecule has 0 aromatic heterocycles. The van der Waals surface area contributed by atoms with Crippen molar-refractivity contribution in [3.8, 4) is 0 Å². The molecule has 1 N–H and O–H groups in total. The quantitative estimate of drug-likeness (QED) is 0.539. The SMILES string of the molecule is COC(=O)CN=CC1CCOC2C(C(=O)NC3CCC(F)C(C)C3)CCC(F)C12C. The van der Waals surface area contributed by atoms with Crippen molar-refractivity contribution in [3.63, 3.8) is 0 Å². The lowest BCUT2D eigenvalue weighted by Gasteiger charge is -2.53. The summed E-state index contributed by atoms with van der Waals surface area (Å²) in [7, 11) is 1.30. The number of amides is 1. The Morgan fingerprint density at radius 1 is 1.23 bits per heavy atom. The number of hydrogen-bond donors (Lipinski definition) is 1. The van der Waals surface area contributed by atoms with Gasteiger partial charge in [-0.25, -0.2) is 8.78 Å². The fraction of sp³-hybridized carbons (Fsp3) is 0.864. The van der Waals surface area contributed by atoms with Gasteiger partial charge in [-0.15, -0.1) is 0 Å². The zero-order valence-electron chi connectivity index (χ0n) is 18.1. The number of hydrogen-bond acceptors (Lipinski definition) is 5. The number of ether oxygens (including phenoxy) is 2. The summed E-state index contributed by atoms with van der Waals surface area (Å²) in [6.45, 7) is 4.00. The minimum Gasteiger partial charge on any atom is -0.468 e. The van der Waals surface area contributed by atoms with Crippen LogP contribution in [0.1, 0.15) is 52.4 Å². The molecule has 0 aromatic rings. The standard InChI is InChI=1S/C22H34F2N2O4/c1-13-10-15(4-6-17(13)23)26-21(28)16-5-7-18(24)22(2)14(8-9-30-20(16)22)11-25-12-19(27)29-3/h11,13-18,20H,4-10,12H2,1-3H3,(H,26,28). The number of carbonyl (C=O) groups excluding carboxylic acids is 2. The third-order valence-corrected chi connectivity index (χ3v) is 7.39. The lowest BCUT2D eigenvalue weighted by molar-refractivity contribution is -0.180. The first-order valence-corrected chi connectivity index (χ1v) is 11.0. The van der Waals surface area contributed by atoms with E-state index >= 15 is 4.39 Å². The Morgan fingerprint density at radius 2 is 2.00 bits per heavy atom. The summed E-state index contributed by atoms with van der Waals surface area (Å²) in [5.41, 5.74) is -0.887. The van der Waals surface area contributed by atoms with E-state index in [4.69, 9.17) is 4.74 Å². The second-order valence-electron chi connectivity index (χ2n) is 9.28. The molecule has 3 rings (SSSR count). The van der Waals surface area contributed by atoms with Crippen LogP contribution in [0.4, 0.5) is 8.78 Å². The largest absolute Gasteiger partial charge is 0.468 e. The molecule has 8 unspecified atom stereocenters. The zero-order valence-corrected chi connectivity index (χ0v) is 18.1. The summed E-state index contributed by atoms with van der Waals surface area (Å²) < 4.78 is 39.5. The van der Waals surface area contributed by atoms with Crippen molar-refractivity contribution in [2.45, 2.75) is 76.9 Å². The molecular formula is C22H34F2N2O4. The van der Waals surface area contributed by atoms with Crippen LogP contribution in [0.3, 0.4) is 0 Å². The number of halogens is 2. The lowest BCUT2D eigenvalue weighted by Crippen LogP contribution is -2.61. The summed E-state index contributed by atoms with van der Waals surface area (Å²) in [6, 6.07) is -0.0464. The topological polar surface area (TPSA) is 77.0 Å². The molecule has 1 saturated heterocycles. The number of fused-ring (bicyclic) bond motifs is 1. The van der Waals surface area contributed by atoms with Crippen LogP contribution in [0.25, 0.3) is 0 Å². The number of nitrogens with one attached hydrogen (secondary N) is 1. The van der Waals surface area contributed by atoms with Gasteiger partial charge in [0.15, 0.2) is 0 Å². The first-order valence-electron chi connectivity index (χ1n) is 11.0.